The van der Waals surface area contributed by atoms with Gasteiger partial charge in [-0.15, -0.1) is 0 Å². The van der Waals surface area contributed by atoms with Crippen molar-refractivity contribution in [1.82, 2.24) is 4.31 Å². The average Bonchev–Trinajstić information content (AvgIpc) is 2.35. The first kappa shape index (κ1) is 15.9. The van der Waals surface area contributed by atoms with E-state index in [9.17, 15) is 8.42 Å². The molecule has 0 spiro atoms. The third-order valence-electron chi connectivity index (χ3n) is 2.80. The molecule has 0 unspecified atom stereocenters. The van der Waals surface area contributed by atoms with Crippen molar-refractivity contribution in [3.63, 3.8) is 0 Å². The highest BCUT2D eigenvalue weighted by Gasteiger charge is 2.24. The van der Waals surface area contributed by atoms with Crippen LogP contribution < -0.4 is 5.73 Å². The number of rotatable bonds is 7. The van der Waals surface area contributed by atoms with Gasteiger partial charge >= 0.3 is 0 Å². The number of nitrogens with zero attached hydrogens (tertiary/aromatic N) is 1. The Bertz CT molecular complexity index is 483. The Hall–Kier alpha value is -1.11. The number of hydrogen-bond donors (Lipinski definition) is 1. The first-order valence-electron chi connectivity index (χ1n) is 6.19. The van der Waals surface area contributed by atoms with E-state index in [2.05, 4.69) is 0 Å². The Morgan fingerprint density at radius 3 is 2.32 bits per heavy atom. The normalized spacial score (nSPS) is 12.3. The van der Waals surface area contributed by atoms with E-state index in [1.807, 2.05) is 26.0 Å². The summed E-state index contributed by atoms with van der Waals surface area (Å²) in [5.74, 6) is -0.00332. The van der Waals surface area contributed by atoms with Gasteiger partial charge in [0.1, 0.15) is 0 Å². The topological polar surface area (TPSA) is 72.6 Å². The predicted octanol–water partition coefficient (Wildman–Crippen LogP) is 1.46. The number of methoxy groups -OCH3 is 1. The molecule has 0 aliphatic heterocycles. The lowest BCUT2D eigenvalue weighted by atomic mass is 10.2. The smallest absolute Gasteiger partial charge is 0.216 e. The van der Waals surface area contributed by atoms with Gasteiger partial charge in [0.25, 0.3) is 0 Å². The number of hydrogen-bond acceptors (Lipinski definition) is 4. The molecule has 19 heavy (non-hydrogen) atoms. The predicted molar refractivity (Wildman–Crippen MR) is 77.2 cm³/mol. The van der Waals surface area contributed by atoms with Crippen molar-refractivity contribution in [2.75, 3.05) is 25.2 Å². The molecule has 0 bridgehead atoms. The van der Waals surface area contributed by atoms with Gasteiger partial charge in [-0.3, -0.25) is 0 Å². The highest BCUT2D eigenvalue weighted by atomic mass is 32.2. The Kier molecular flexibility index (Phi) is 5.78. The van der Waals surface area contributed by atoms with Crippen LogP contribution in [0.2, 0.25) is 0 Å². The second-order valence-electron chi connectivity index (χ2n) is 4.69. The van der Waals surface area contributed by atoms with Gasteiger partial charge in [-0.2, -0.15) is 4.31 Å². The maximum atomic E-state index is 12.2. The lowest BCUT2D eigenvalue weighted by molar-refractivity contribution is 0.214. The molecular formula is C13H22N2O3S. The molecule has 0 aromatic heterocycles. The van der Waals surface area contributed by atoms with E-state index in [0.717, 1.165) is 5.56 Å². The first-order chi connectivity index (χ1) is 8.86. The van der Waals surface area contributed by atoms with Crippen LogP contribution in [0.4, 0.5) is 5.69 Å². The largest absolute Gasteiger partial charge is 0.399 e. The molecule has 5 nitrogen and oxygen atoms in total. The SMILES string of the molecule is COCCS(=O)(=O)N(Cc1ccc(N)cc1)C(C)C. The number of nitrogens with two attached hydrogens (primary N) is 1. The first-order valence-corrected chi connectivity index (χ1v) is 7.80. The third kappa shape index (κ3) is 4.81. The van der Waals surface area contributed by atoms with E-state index in [1.54, 1.807) is 12.1 Å². The van der Waals surface area contributed by atoms with Crippen LogP contribution >= 0.6 is 0 Å². The lowest BCUT2D eigenvalue weighted by Crippen LogP contribution is -2.38. The van der Waals surface area contributed by atoms with Gasteiger partial charge < -0.3 is 10.5 Å². The van der Waals surface area contributed by atoms with Gasteiger partial charge in [0.15, 0.2) is 0 Å². The minimum absolute atomic E-state index is 0.00332. The minimum Gasteiger partial charge on any atom is -0.399 e. The fraction of sp³-hybridized carbons (Fsp3) is 0.538. The number of nitrogen functional groups attached to an aromatic ring is 1. The molecule has 0 fully saturated rings. The van der Waals surface area contributed by atoms with Crippen molar-refractivity contribution in [3.05, 3.63) is 29.8 Å². The molecule has 0 atom stereocenters. The average molecular weight is 286 g/mol. The monoisotopic (exact) mass is 286 g/mol. The summed E-state index contributed by atoms with van der Waals surface area (Å²) in [4.78, 5) is 0. The number of benzene rings is 1. The summed E-state index contributed by atoms with van der Waals surface area (Å²) in [7, 11) is -1.82. The third-order valence-corrected chi connectivity index (χ3v) is 4.74. The maximum Gasteiger partial charge on any atom is 0.216 e. The molecule has 0 heterocycles. The fourth-order valence-corrected chi connectivity index (χ4v) is 3.31. The molecule has 0 saturated heterocycles. The van der Waals surface area contributed by atoms with Crippen LogP contribution in [0.1, 0.15) is 19.4 Å². The second-order valence-corrected chi connectivity index (χ2v) is 6.73. The molecule has 6 heteroatoms. The summed E-state index contributed by atoms with van der Waals surface area (Å²) in [5.41, 5.74) is 7.21. The molecule has 2 N–H and O–H groups in total. The molecule has 0 aliphatic carbocycles. The highest BCUT2D eigenvalue weighted by molar-refractivity contribution is 7.89. The highest BCUT2D eigenvalue weighted by Crippen LogP contribution is 2.15. The number of ether oxygens (including phenoxy) is 1. The molecule has 1 aromatic carbocycles. The Balaban J connectivity index is 2.86. The van der Waals surface area contributed by atoms with Gasteiger partial charge in [-0.1, -0.05) is 12.1 Å². The Morgan fingerprint density at radius 1 is 1.26 bits per heavy atom. The van der Waals surface area contributed by atoms with E-state index in [-0.39, 0.29) is 18.4 Å². The summed E-state index contributed by atoms with van der Waals surface area (Å²) in [6, 6.07) is 7.14. The van der Waals surface area contributed by atoms with Gasteiger partial charge in [-0.25, -0.2) is 8.42 Å². The zero-order valence-corrected chi connectivity index (χ0v) is 12.5. The lowest BCUT2D eigenvalue weighted by Gasteiger charge is -2.26. The Morgan fingerprint density at radius 2 is 1.84 bits per heavy atom. The summed E-state index contributed by atoms with van der Waals surface area (Å²) < 4.78 is 30.8. The van der Waals surface area contributed by atoms with Crippen LogP contribution in [0.3, 0.4) is 0 Å². The summed E-state index contributed by atoms with van der Waals surface area (Å²) in [6.45, 7) is 4.28. The standard InChI is InChI=1S/C13H22N2O3S/c1-11(2)15(19(16,17)9-8-18-3)10-12-4-6-13(14)7-5-12/h4-7,11H,8-10,14H2,1-3H3. The van der Waals surface area contributed by atoms with Crippen molar-refractivity contribution in [1.29, 1.82) is 0 Å². The Labute approximate surface area is 115 Å². The molecule has 1 rings (SSSR count). The zero-order chi connectivity index (χ0) is 14.5. The molecule has 0 saturated carbocycles. The summed E-state index contributed by atoms with van der Waals surface area (Å²) in [5, 5.41) is 0. The van der Waals surface area contributed by atoms with Crippen LogP contribution in [0, 0.1) is 0 Å². The van der Waals surface area contributed by atoms with Gasteiger partial charge in [0, 0.05) is 25.4 Å². The second kappa shape index (κ2) is 6.88. The van der Waals surface area contributed by atoms with Gasteiger partial charge in [0.2, 0.25) is 10.0 Å². The van der Waals surface area contributed by atoms with Crippen LogP contribution in [0.25, 0.3) is 0 Å². The molecule has 0 aliphatic rings. The molecule has 1 aromatic rings. The van der Waals surface area contributed by atoms with Crippen LogP contribution in [0.15, 0.2) is 24.3 Å². The van der Waals surface area contributed by atoms with E-state index in [4.69, 9.17) is 10.5 Å². The summed E-state index contributed by atoms with van der Waals surface area (Å²) in [6.07, 6.45) is 0. The maximum absolute atomic E-state index is 12.2. The fourth-order valence-electron chi connectivity index (χ4n) is 1.71. The van der Waals surface area contributed by atoms with E-state index in [0.29, 0.717) is 12.2 Å². The van der Waals surface area contributed by atoms with Crippen LogP contribution in [-0.2, 0) is 21.3 Å². The minimum atomic E-state index is -3.32. The van der Waals surface area contributed by atoms with E-state index in [1.165, 1.54) is 11.4 Å². The molecule has 108 valence electrons. The van der Waals surface area contributed by atoms with Crippen LogP contribution in [-0.4, -0.2) is 38.2 Å². The number of sulfonamides is 1. The number of anilines is 1. The van der Waals surface area contributed by atoms with Gasteiger partial charge in [0.05, 0.1) is 12.4 Å². The van der Waals surface area contributed by atoms with Crippen molar-refractivity contribution in [3.8, 4) is 0 Å². The molecule has 0 amide bonds. The quantitative estimate of drug-likeness (QED) is 0.770. The molecular weight excluding hydrogens is 264 g/mol. The van der Waals surface area contributed by atoms with Crippen molar-refractivity contribution >= 4 is 15.7 Å². The van der Waals surface area contributed by atoms with Crippen molar-refractivity contribution in [2.45, 2.75) is 26.4 Å². The van der Waals surface area contributed by atoms with E-state index >= 15 is 0 Å². The van der Waals surface area contributed by atoms with E-state index < -0.39 is 10.0 Å². The molecule has 0 radical (unpaired) electrons. The zero-order valence-electron chi connectivity index (χ0n) is 11.7. The van der Waals surface area contributed by atoms with Crippen molar-refractivity contribution in [2.24, 2.45) is 0 Å². The van der Waals surface area contributed by atoms with Gasteiger partial charge in [-0.05, 0) is 31.5 Å². The van der Waals surface area contributed by atoms with Crippen molar-refractivity contribution < 1.29 is 13.2 Å². The summed E-state index contributed by atoms with van der Waals surface area (Å²) >= 11 is 0. The van der Waals surface area contributed by atoms with Crippen LogP contribution in [0.5, 0.6) is 0 Å².